The molecule has 1 unspecified atom stereocenters. The third-order valence-corrected chi connectivity index (χ3v) is 3.94. The molecule has 0 aromatic heterocycles. The summed E-state index contributed by atoms with van der Waals surface area (Å²) in [7, 11) is 0. The Morgan fingerprint density at radius 1 is 1.30 bits per heavy atom. The van der Waals surface area contributed by atoms with Crippen LogP contribution in [0.1, 0.15) is 30.6 Å². The first-order chi connectivity index (χ1) is 9.31. The molecule has 110 valence electrons. The van der Waals surface area contributed by atoms with Gasteiger partial charge in [-0.3, -0.25) is 9.59 Å². The second-order valence-electron chi connectivity index (χ2n) is 5.00. The number of amides is 1. The normalized spacial score (nSPS) is 12.2. The zero-order valence-corrected chi connectivity index (χ0v) is 14.5. The lowest BCUT2D eigenvalue weighted by Crippen LogP contribution is -2.33. The van der Waals surface area contributed by atoms with Gasteiger partial charge in [0.1, 0.15) is 0 Å². The number of nitrogens with one attached hydrogen (secondary N) is 1. The summed E-state index contributed by atoms with van der Waals surface area (Å²) in [4.78, 5) is 23.2. The summed E-state index contributed by atoms with van der Waals surface area (Å²) in [6.07, 6.45) is 0.539. The van der Waals surface area contributed by atoms with E-state index in [9.17, 15) is 9.59 Å². The molecule has 0 aliphatic carbocycles. The molecule has 2 N–H and O–H groups in total. The Balaban J connectivity index is 2.68. The molecule has 1 amide bonds. The van der Waals surface area contributed by atoms with Crippen molar-refractivity contribution in [3.8, 4) is 0 Å². The molecule has 0 saturated heterocycles. The van der Waals surface area contributed by atoms with Gasteiger partial charge in [-0.2, -0.15) is 0 Å². The first-order valence-corrected chi connectivity index (χ1v) is 7.86. The van der Waals surface area contributed by atoms with Crippen molar-refractivity contribution in [1.29, 1.82) is 0 Å². The van der Waals surface area contributed by atoms with Gasteiger partial charge in [0.15, 0.2) is 0 Å². The SMILES string of the molecule is CC(C)CC(CNC(=O)c1ccc(Br)cc1Br)C(=O)O. The predicted octanol–water partition coefficient (Wildman–Crippen LogP) is 3.69. The van der Waals surface area contributed by atoms with Crippen LogP contribution in [0.2, 0.25) is 0 Å². The molecular weight excluding hydrogens is 390 g/mol. The first kappa shape index (κ1) is 17.2. The van der Waals surface area contributed by atoms with Crippen LogP contribution in [0, 0.1) is 11.8 Å². The highest BCUT2D eigenvalue weighted by molar-refractivity contribution is 9.11. The Morgan fingerprint density at radius 3 is 2.45 bits per heavy atom. The largest absolute Gasteiger partial charge is 0.481 e. The molecule has 0 saturated carbocycles. The average molecular weight is 407 g/mol. The van der Waals surface area contributed by atoms with Gasteiger partial charge in [-0.25, -0.2) is 0 Å². The quantitative estimate of drug-likeness (QED) is 0.756. The molecule has 6 heteroatoms. The van der Waals surface area contributed by atoms with E-state index >= 15 is 0 Å². The first-order valence-electron chi connectivity index (χ1n) is 6.27. The average Bonchev–Trinajstić information content (AvgIpc) is 2.33. The summed E-state index contributed by atoms with van der Waals surface area (Å²) >= 11 is 6.63. The van der Waals surface area contributed by atoms with Crippen molar-refractivity contribution < 1.29 is 14.7 Å². The number of carbonyl (C=O) groups excluding carboxylic acids is 1. The second kappa shape index (κ2) is 7.78. The molecule has 0 bridgehead atoms. The van der Waals surface area contributed by atoms with E-state index in [1.54, 1.807) is 18.2 Å². The Bertz CT molecular complexity index is 503. The lowest BCUT2D eigenvalue weighted by atomic mass is 9.97. The minimum Gasteiger partial charge on any atom is -0.481 e. The summed E-state index contributed by atoms with van der Waals surface area (Å²) in [5.41, 5.74) is 0.488. The van der Waals surface area contributed by atoms with Gasteiger partial charge in [0, 0.05) is 15.5 Å². The highest BCUT2D eigenvalue weighted by Gasteiger charge is 2.20. The molecule has 1 aromatic rings. The van der Waals surface area contributed by atoms with E-state index in [4.69, 9.17) is 5.11 Å². The van der Waals surface area contributed by atoms with Crippen LogP contribution in [0.4, 0.5) is 0 Å². The molecule has 0 heterocycles. The molecule has 1 rings (SSSR count). The lowest BCUT2D eigenvalue weighted by Gasteiger charge is -2.15. The van der Waals surface area contributed by atoms with Gasteiger partial charge in [0.05, 0.1) is 11.5 Å². The Morgan fingerprint density at radius 2 is 1.95 bits per heavy atom. The molecule has 0 aliphatic heterocycles. The number of benzene rings is 1. The van der Waals surface area contributed by atoms with Gasteiger partial charge in [-0.1, -0.05) is 29.8 Å². The second-order valence-corrected chi connectivity index (χ2v) is 6.77. The van der Waals surface area contributed by atoms with E-state index in [0.717, 1.165) is 4.47 Å². The van der Waals surface area contributed by atoms with E-state index in [2.05, 4.69) is 37.2 Å². The van der Waals surface area contributed by atoms with Crippen molar-refractivity contribution in [1.82, 2.24) is 5.32 Å². The van der Waals surface area contributed by atoms with E-state index < -0.39 is 11.9 Å². The molecule has 0 fully saturated rings. The maximum atomic E-state index is 12.0. The molecule has 1 atom stereocenters. The summed E-state index contributed by atoms with van der Waals surface area (Å²) in [5, 5.41) is 11.8. The van der Waals surface area contributed by atoms with Crippen LogP contribution in [0.5, 0.6) is 0 Å². The molecule has 0 spiro atoms. The number of rotatable bonds is 6. The van der Waals surface area contributed by atoms with Crippen molar-refractivity contribution in [2.75, 3.05) is 6.54 Å². The minimum atomic E-state index is -0.881. The van der Waals surface area contributed by atoms with Gasteiger partial charge in [-0.15, -0.1) is 0 Å². The number of halogens is 2. The van der Waals surface area contributed by atoms with Gasteiger partial charge in [0.2, 0.25) is 0 Å². The van der Waals surface area contributed by atoms with Gasteiger partial charge in [0.25, 0.3) is 5.91 Å². The van der Waals surface area contributed by atoms with E-state index in [-0.39, 0.29) is 18.4 Å². The number of hydrogen-bond donors (Lipinski definition) is 2. The summed E-state index contributed by atoms with van der Waals surface area (Å²) in [6.45, 7) is 4.06. The third kappa shape index (κ3) is 5.25. The predicted molar refractivity (Wildman–Crippen MR) is 84.8 cm³/mol. The van der Waals surface area contributed by atoms with Gasteiger partial charge in [-0.05, 0) is 46.5 Å². The lowest BCUT2D eigenvalue weighted by molar-refractivity contribution is -0.142. The Hall–Kier alpha value is -0.880. The maximum absolute atomic E-state index is 12.0. The zero-order valence-electron chi connectivity index (χ0n) is 11.3. The van der Waals surface area contributed by atoms with E-state index in [0.29, 0.717) is 16.5 Å². The smallest absolute Gasteiger partial charge is 0.308 e. The number of aliphatic carboxylic acids is 1. The van der Waals surface area contributed by atoms with Crippen molar-refractivity contribution >= 4 is 43.7 Å². The number of carboxylic acid groups (broad SMARTS) is 1. The van der Waals surface area contributed by atoms with E-state index in [1.165, 1.54) is 0 Å². The summed E-state index contributed by atoms with van der Waals surface area (Å²) < 4.78 is 1.53. The van der Waals surface area contributed by atoms with Gasteiger partial charge >= 0.3 is 5.97 Å². The molecule has 0 aliphatic rings. The fraction of sp³-hybridized carbons (Fsp3) is 0.429. The molecular formula is C14H17Br2NO3. The number of carbonyl (C=O) groups is 2. The monoisotopic (exact) mass is 405 g/mol. The highest BCUT2D eigenvalue weighted by atomic mass is 79.9. The summed E-state index contributed by atoms with van der Waals surface area (Å²) in [5.74, 6) is -1.45. The van der Waals surface area contributed by atoms with Crippen LogP contribution >= 0.6 is 31.9 Å². The molecule has 0 radical (unpaired) electrons. The van der Waals surface area contributed by atoms with Crippen molar-refractivity contribution in [3.63, 3.8) is 0 Å². The van der Waals surface area contributed by atoms with Crippen molar-refractivity contribution in [2.45, 2.75) is 20.3 Å². The minimum absolute atomic E-state index is 0.134. The van der Waals surface area contributed by atoms with Crippen molar-refractivity contribution in [2.24, 2.45) is 11.8 Å². The number of carboxylic acids is 1. The standard InChI is InChI=1S/C14H17Br2NO3/c1-8(2)5-9(14(19)20)7-17-13(18)11-4-3-10(15)6-12(11)16/h3-4,6,8-9H,5,7H2,1-2H3,(H,17,18)(H,19,20). The van der Waals surface area contributed by atoms with E-state index in [1.807, 2.05) is 13.8 Å². The maximum Gasteiger partial charge on any atom is 0.308 e. The van der Waals surface area contributed by atoms with Crippen LogP contribution in [0.25, 0.3) is 0 Å². The molecule has 4 nitrogen and oxygen atoms in total. The van der Waals surface area contributed by atoms with Crippen LogP contribution in [-0.4, -0.2) is 23.5 Å². The fourth-order valence-electron chi connectivity index (χ4n) is 1.83. The fourth-order valence-corrected chi connectivity index (χ4v) is 3.05. The van der Waals surface area contributed by atoms with Crippen LogP contribution in [0.15, 0.2) is 27.1 Å². The molecule has 20 heavy (non-hydrogen) atoms. The van der Waals surface area contributed by atoms with Crippen LogP contribution < -0.4 is 5.32 Å². The number of hydrogen-bond acceptors (Lipinski definition) is 2. The Labute approximate surface area is 135 Å². The molecule has 1 aromatic carbocycles. The van der Waals surface area contributed by atoms with Crippen molar-refractivity contribution in [3.05, 3.63) is 32.7 Å². The van der Waals surface area contributed by atoms with Gasteiger partial charge < -0.3 is 10.4 Å². The van der Waals surface area contributed by atoms with Crippen LogP contribution in [-0.2, 0) is 4.79 Å². The van der Waals surface area contributed by atoms with Crippen LogP contribution in [0.3, 0.4) is 0 Å². The zero-order chi connectivity index (χ0) is 15.3. The topological polar surface area (TPSA) is 66.4 Å². The third-order valence-electron chi connectivity index (χ3n) is 2.79. The Kier molecular flexibility index (Phi) is 6.68. The highest BCUT2D eigenvalue weighted by Crippen LogP contribution is 2.22. The summed E-state index contributed by atoms with van der Waals surface area (Å²) in [6, 6.07) is 5.22.